The van der Waals surface area contributed by atoms with Crippen LogP contribution in [-0.2, 0) is 9.53 Å². The summed E-state index contributed by atoms with van der Waals surface area (Å²) in [4.78, 5) is 24.0. The van der Waals surface area contributed by atoms with E-state index in [0.717, 1.165) is 14.9 Å². The molecule has 0 aliphatic rings. The van der Waals surface area contributed by atoms with Gasteiger partial charge in [-0.3, -0.25) is 4.79 Å². The van der Waals surface area contributed by atoms with Crippen molar-refractivity contribution in [2.24, 2.45) is 0 Å². The minimum atomic E-state index is -0.477. The van der Waals surface area contributed by atoms with Crippen LogP contribution in [0.1, 0.15) is 22.8 Å². The molecule has 2 aromatic rings. The van der Waals surface area contributed by atoms with Crippen molar-refractivity contribution < 1.29 is 14.3 Å². The van der Waals surface area contributed by atoms with Crippen molar-refractivity contribution in [2.75, 3.05) is 17.8 Å². The lowest BCUT2D eigenvalue weighted by atomic mass is 10.0. The minimum Gasteiger partial charge on any atom is -0.462 e. The minimum absolute atomic E-state index is 0.183. The van der Waals surface area contributed by atoms with Gasteiger partial charge in [-0.1, -0.05) is 29.8 Å². The molecule has 0 spiro atoms. The lowest BCUT2D eigenvalue weighted by Gasteiger charge is -2.08. The first-order valence-corrected chi connectivity index (χ1v) is 9.04. The molecule has 7 heteroatoms. The number of anilines is 1. The zero-order chi connectivity index (χ0) is 17.0. The van der Waals surface area contributed by atoms with Gasteiger partial charge in [0.25, 0.3) is 0 Å². The number of alkyl halides is 1. The monoisotopic (exact) mass is 415 g/mol. The van der Waals surface area contributed by atoms with Crippen LogP contribution >= 0.6 is 38.9 Å². The molecule has 0 saturated carbocycles. The van der Waals surface area contributed by atoms with Gasteiger partial charge in [0.15, 0.2) is 0 Å². The molecular formula is C16H15BrClNO3S. The molecule has 1 N–H and O–H groups in total. The molecule has 0 fully saturated rings. The Morgan fingerprint density at radius 3 is 2.52 bits per heavy atom. The molecule has 1 heterocycles. The molecule has 0 unspecified atom stereocenters. The number of carbonyl (C=O) groups is 2. The third-order valence-corrected chi connectivity index (χ3v) is 5.08. The molecule has 0 aliphatic carbocycles. The topological polar surface area (TPSA) is 55.4 Å². The van der Waals surface area contributed by atoms with Crippen molar-refractivity contribution in [1.82, 2.24) is 0 Å². The summed E-state index contributed by atoms with van der Waals surface area (Å²) >= 11 is 10.3. The second-order valence-corrected chi connectivity index (χ2v) is 7.33. The van der Waals surface area contributed by atoms with Crippen LogP contribution in [0.25, 0.3) is 11.1 Å². The van der Waals surface area contributed by atoms with Crippen LogP contribution in [0, 0.1) is 6.92 Å². The van der Waals surface area contributed by atoms with Gasteiger partial charge in [-0.25, -0.2) is 4.79 Å². The van der Waals surface area contributed by atoms with Gasteiger partial charge in [-0.15, -0.1) is 22.9 Å². The van der Waals surface area contributed by atoms with Crippen LogP contribution < -0.4 is 5.32 Å². The van der Waals surface area contributed by atoms with Gasteiger partial charge >= 0.3 is 5.97 Å². The maximum atomic E-state index is 12.4. The summed E-state index contributed by atoms with van der Waals surface area (Å²) in [5.41, 5.74) is 3.03. The molecule has 0 atom stereocenters. The number of amides is 1. The van der Waals surface area contributed by atoms with Gasteiger partial charge < -0.3 is 10.1 Å². The Morgan fingerprint density at radius 1 is 1.30 bits per heavy atom. The first-order chi connectivity index (χ1) is 11.0. The highest BCUT2D eigenvalue weighted by Crippen LogP contribution is 2.44. The highest BCUT2D eigenvalue weighted by Gasteiger charge is 2.26. The largest absolute Gasteiger partial charge is 0.462 e. The Hall–Kier alpha value is -1.37. The van der Waals surface area contributed by atoms with E-state index in [0.29, 0.717) is 16.1 Å². The van der Waals surface area contributed by atoms with Crippen molar-refractivity contribution in [3.05, 3.63) is 39.2 Å². The number of aryl methyl sites for hydroxylation is 1. The molecule has 2 rings (SSSR count). The average Bonchev–Trinajstić information content (AvgIpc) is 2.84. The first kappa shape index (κ1) is 18.0. The van der Waals surface area contributed by atoms with Gasteiger partial charge in [-0.05, 0) is 35.3 Å². The lowest BCUT2D eigenvalue weighted by molar-refractivity contribution is -0.113. The summed E-state index contributed by atoms with van der Waals surface area (Å²) in [6.07, 6.45) is 0. The van der Waals surface area contributed by atoms with E-state index in [9.17, 15) is 9.59 Å². The fourth-order valence-corrected chi connectivity index (χ4v) is 3.96. The molecule has 0 saturated heterocycles. The molecule has 1 aromatic carbocycles. The van der Waals surface area contributed by atoms with Gasteiger partial charge in [0, 0.05) is 5.56 Å². The Labute approximate surface area is 151 Å². The van der Waals surface area contributed by atoms with Gasteiger partial charge in [0.2, 0.25) is 5.91 Å². The zero-order valence-corrected chi connectivity index (χ0v) is 15.8. The van der Waals surface area contributed by atoms with Crippen molar-refractivity contribution in [1.29, 1.82) is 0 Å². The normalized spacial score (nSPS) is 10.4. The Kier molecular flexibility index (Phi) is 6.21. The Bertz CT molecular complexity index is 728. The Balaban J connectivity index is 2.57. The zero-order valence-electron chi connectivity index (χ0n) is 12.6. The quantitative estimate of drug-likeness (QED) is 0.560. The van der Waals surface area contributed by atoms with E-state index < -0.39 is 5.97 Å². The summed E-state index contributed by atoms with van der Waals surface area (Å²) in [5, 5.41) is 3.09. The van der Waals surface area contributed by atoms with Crippen molar-refractivity contribution in [3.63, 3.8) is 0 Å². The number of ether oxygens (including phenoxy) is 1. The van der Waals surface area contributed by atoms with Crippen molar-refractivity contribution in [3.8, 4) is 11.1 Å². The maximum Gasteiger partial charge on any atom is 0.341 e. The summed E-state index contributed by atoms with van der Waals surface area (Å²) < 4.78 is 5.89. The average molecular weight is 417 g/mol. The molecule has 0 radical (unpaired) electrons. The van der Waals surface area contributed by atoms with Crippen LogP contribution in [0.3, 0.4) is 0 Å². The van der Waals surface area contributed by atoms with Crippen LogP contribution in [-0.4, -0.2) is 24.4 Å². The van der Waals surface area contributed by atoms with E-state index in [4.69, 9.17) is 16.3 Å². The number of halogens is 2. The highest BCUT2D eigenvalue weighted by atomic mass is 79.9. The number of carbonyl (C=O) groups excluding carboxylic acids is 2. The molecule has 122 valence electrons. The van der Waals surface area contributed by atoms with E-state index in [1.165, 1.54) is 11.3 Å². The highest BCUT2D eigenvalue weighted by molar-refractivity contribution is 9.11. The third kappa shape index (κ3) is 4.13. The Morgan fingerprint density at radius 2 is 1.96 bits per heavy atom. The molecule has 0 bridgehead atoms. The number of hydrogen-bond donors (Lipinski definition) is 1. The van der Waals surface area contributed by atoms with Crippen LogP contribution in [0.4, 0.5) is 5.00 Å². The second kappa shape index (κ2) is 7.95. The summed E-state index contributed by atoms with van der Waals surface area (Å²) in [6.45, 7) is 3.98. The predicted octanol–water partition coefficient (Wildman–Crippen LogP) is 4.84. The molecule has 4 nitrogen and oxygen atoms in total. The molecule has 0 aliphatic heterocycles. The van der Waals surface area contributed by atoms with E-state index in [-0.39, 0.29) is 18.4 Å². The fourth-order valence-electron chi connectivity index (χ4n) is 2.03. The third-order valence-electron chi connectivity index (χ3n) is 3.06. The fraction of sp³-hybridized carbons (Fsp3) is 0.250. The van der Waals surface area contributed by atoms with Crippen molar-refractivity contribution >= 4 is 55.7 Å². The summed E-state index contributed by atoms with van der Waals surface area (Å²) in [7, 11) is 0. The summed E-state index contributed by atoms with van der Waals surface area (Å²) in [5.74, 6) is -1.03. The SMILES string of the molecule is CCOC(=O)c1c(NC(=O)CCl)sc(Br)c1-c1ccc(C)cc1. The number of esters is 1. The number of thiophene rings is 1. The predicted molar refractivity (Wildman–Crippen MR) is 97.5 cm³/mol. The lowest BCUT2D eigenvalue weighted by Crippen LogP contribution is -2.15. The number of hydrogen-bond acceptors (Lipinski definition) is 4. The maximum absolute atomic E-state index is 12.4. The van der Waals surface area contributed by atoms with E-state index in [1.54, 1.807) is 6.92 Å². The van der Waals surface area contributed by atoms with Crippen LogP contribution in [0.2, 0.25) is 0 Å². The van der Waals surface area contributed by atoms with Gasteiger partial charge in [0.1, 0.15) is 16.4 Å². The molecule has 1 amide bonds. The molecule has 1 aromatic heterocycles. The second-order valence-electron chi connectivity index (χ2n) is 4.72. The van der Waals surface area contributed by atoms with Crippen LogP contribution in [0.15, 0.2) is 28.1 Å². The standard InChI is InChI=1S/C16H15BrClNO3S/c1-3-22-16(21)13-12(10-6-4-9(2)5-7-10)14(17)23-15(13)19-11(20)8-18/h4-7H,3,8H2,1-2H3,(H,19,20). The molecule has 23 heavy (non-hydrogen) atoms. The van der Waals surface area contributed by atoms with E-state index >= 15 is 0 Å². The smallest absolute Gasteiger partial charge is 0.341 e. The van der Waals surface area contributed by atoms with Crippen molar-refractivity contribution in [2.45, 2.75) is 13.8 Å². The van der Waals surface area contributed by atoms with Gasteiger partial charge in [0.05, 0.1) is 10.4 Å². The van der Waals surface area contributed by atoms with Crippen LogP contribution in [0.5, 0.6) is 0 Å². The molecular weight excluding hydrogens is 402 g/mol. The van der Waals surface area contributed by atoms with E-state index in [2.05, 4.69) is 21.2 Å². The first-order valence-electron chi connectivity index (χ1n) is 6.90. The summed E-state index contributed by atoms with van der Waals surface area (Å²) in [6, 6.07) is 7.78. The number of rotatable bonds is 5. The van der Waals surface area contributed by atoms with E-state index in [1.807, 2.05) is 31.2 Å². The number of benzene rings is 1. The number of nitrogens with one attached hydrogen (secondary N) is 1. The van der Waals surface area contributed by atoms with Gasteiger partial charge in [-0.2, -0.15) is 0 Å².